The molecule has 3 N–H and O–H groups in total. The van der Waals surface area contributed by atoms with E-state index in [4.69, 9.17) is 4.74 Å². The maximum atomic E-state index is 12.3. The van der Waals surface area contributed by atoms with Crippen LogP contribution in [0.3, 0.4) is 0 Å². The molecule has 5 fully saturated rings. The molecule has 0 saturated carbocycles. The SMILES string of the molecule is CCNC(=O)c1ccc(C(=C2CC3CCC(C2)N3)c2ccccc2)cc1.CCNC(=O)c1ccc(C(=C2CC3CCC(C2)N3CCN2CCN(C(=O)OC)CC2)c2ccccc2)cc1. The van der Waals surface area contributed by atoms with Crippen molar-refractivity contribution in [2.24, 2.45) is 0 Å². The Morgan fingerprint density at radius 3 is 1.41 bits per heavy atom. The van der Waals surface area contributed by atoms with Gasteiger partial charge < -0.3 is 25.6 Å². The van der Waals surface area contributed by atoms with E-state index in [2.05, 4.69) is 111 Å². The lowest BCUT2D eigenvalue weighted by atomic mass is 9.85. The number of ether oxygens (including phenoxy) is 1. The lowest BCUT2D eigenvalue weighted by Gasteiger charge is -2.40. The number of nitrogens with one attached hydrogen (secondary N) is 3. The summed E-state index contributed by atoms with van der Waals surface area (Å²) in [6.45, 7) is 10.6. The number of rotatable bonds is 11. The summed E-state index contributed by atoms with van der Waals surface area (Å²) < 4.78 is 4.87. The fourth-order valence-electron chi connectivity index (χ4n) is 10.8. The number of amides is 3. The van der Waals surface area contributed by atoms with Crippen molar-refractivity contribution in [3.8, 4) is 0 Å². The van der Waals surface area contributed by atoms with Gasteiger partial charge in [0.1, 0.15) is 0 Å². The van der Waals surface area contributed by atoms with E-state index in [0.29, 0.717) is 42.8 Å². The molecule has 10 heteroatoms. The molecular weight excluding hydrogens is 797 g/mol. The van der Waals surface area contributed by atoms with Crippen LogP contribution in [0.15, 0.2) is 120 Å². The quantitative estimate of drug-likeness (QED) is 0.139. The highest BCUT2D eigenvalue weighted by atomic mass is 16.5. The summed E-state index contributed by atoms with van der Waals surface area (Å²) in [7, 11) is 1.45. The van der Waals surface area contributed by atoms with Crippen LogP contribution in [0.25, 0.3) is 11.1 Å². The van der Waals surface area contributed by atoms with Crippen molar-refractivity contribution in [3.05, 3.63) is 154 Å². The molecule has 4 aromatic carbocycles. The number of methoxy groups -OCH3 is 1. The molecule has 5 aliphatic heterocycles. The van der Waals surface area contributed by atoms with Crippen molar-refractivity contribution in [2.75, 3.05) is 59.5 Å². The Hall–Kier alpha value is -5.55. The Balaban J connectivity index is 0.000000188. The fourth-order valence-corrected chi connectivity index (χ4v) is 10.8. The average Bonchev–Trinajstić information content (AvgIpc) is 3.80. The van der Waals surface area contributed by atoms with Crippen LogP contribution in [-0.2, 0) is 4.74 Å². The Morgan fingerprint density at radius 2 is 0.969 bits per heavy atom. The number of nitrogens with zero attached hydrogens (tertiary/aromatic N) is 3. The second-order valence-electron chi connectivity index (χ2n) is 17.9. The lowest BCUT2D eigenvalue weighted by Crippen LogP contribution is -2.51. The van der Waals surface area contributed by atoms with Gasteiger partial charge in [0.15, 0.2) is 0 Å². The number of carbonyl (C=O) groups is 3. The number of piperazine rings is 1. The first-order valence-corrected chi connectivity index (χ1v) is 23.7. The van der Waals surface area contributed by atoms with Crippen molar-refractivity contribution in [3.63, 3.8) is 0 Å². The van der Waals surface area contributed by atoms with Gasteiger partial charge in [0.05, 0.1) is 7.11 Å². The van der Waals surface area contributed by atoms with E-state index in [-0.39, 0.29) is 17.9 Å². The molecule has 4 atom stereocenters. The summed E-state index contributed by atoms with van der Waals surface area (Å²) in [6, 6.07) is 40.0. The zero-order valence-electron chi connectivity index (χ0n) is 38.0. The zero-order valence-corrected chi connectivity index (χ0v) is 38.0. The van der Waals surface area contributed by atoms with Gasteiger partial charge in [-0.05, 0) is 123 Å². The number of carbonyl (C=O) groups excluding carboxylic acids is 3. The highest BCUT2D eigenvalue weighted by Crippen LogP contribution is 2.43. The molecule has 0 aromatic heterocycles. The van der Waals surface area contributed by atoms with E-state index in [9.17, 15) is 14.4 Å². The third-order valence-electron chi connectivity index (χ3n) is 13.9. The van der Waals surface area contributed by atoms with Crippen molar-refractivity contribution in [2.45, 2.75) is 89.4 Å². The van der Waals surface area contributed by atoms with E-state index in [1.54, 1.807) is 10.5 Å². The molecule has 3 amide bonds. The van der Waals surface area contributed by atoms with E-state index in [0.717, 1.165) is 70.5 Å². The van der Waals surface area contributed by atoms with Gasteiger partial charge >= 0.3 is 6.09 Å². The number of hydrogen-bond donors (Lipinski definition) is 3. The van der Waals surface area contributed by atoms with Crippen LogP contribution in [0.4, 0.5) is 4.79 Å². The van der Waals surface area contributed by atoms with Crippen molar-refractivity contribution in [1.82, 2.24) is 30.7 Å². The Bertz CT molecular complexity index is 2240. The van der Waals surface area contributed by atoms with E-state index >= 15 is 0 Å². The van der Waals surface area contributed by atoms with Gasteiger partial charge in [-0.15, -0.1) is 0 Å². The standard InChI is InChI=1S/C31H40N4O3.C23H26N2O/c1-3-32-30(36)25-11-9-24(10-12-25)29(23-7-5-4-6-8-23)26-21-27-13-14-28(22-26)35(27)20-17-33-15-18-34(19-16-33)31(37)38-2;1-2-24-23(26)18-10-8-17(9-11-18)22(16-6-4-3-5-7-16)19-14-20-12-13-21(15-19)25-20/h4-12,27-28H,3,13-22H2,1-2H3,(H,32,36);3-11,20-21,25H,2,12-15H2,1H3,(H,24,26). The first-order chi connectivity index (χ1) is 31.3. The molecule has 10 nitrogen and oxygen atoms in total. The van der Waals surface area contributed by atoms with E-state index in [1.807, 2.05) is 38.1 Å². The minimum absolute atomic E-state index is 0.00660. The predicted molar refractivity (Wildman–Crippen MR) is 256 cm³/mol. The minimum Gasteiger partial charge on any atom is -0.453 e. The Kier molecular flexibility index (Phi) is 15.1. The highest BCUT2D eigenvalue weighted by molar-refractivity contribution is 5.95. The van der Waals surface area contributed by atoms with Crippen molar-refractivity contribution in [1.29, 1.82) is 0 Å². The molecule has 4 bridgehead atoms. The van der Waals surface area contributed by atoms with Gasteiger partial charge in [0, 0.05) is 87.7 Å². The molecule has 0 radical (unpaired) electrons. The summed E-state index contributed by atoms with van der Waals surface area (Å²) in [4.78, 5) is 43.2. The van der Waals surface area contributed by atoms with Crippen LogP contribution in [0.5, 0.6) is 0 Å². The van der Waals surface area contributed by atoms with Gasteiger partial charge in [-0.25, -0.2) is 4.79 Å². The van der Waals surface area contributed by atoms with Crippen LogP contribution >= 0.6 is 0 Å². The third kappa shape index (κ3) is 10.7. The maximum Gasteiger partial charge on any atom is 0.409 e. The number of fused-ring (bicyclic) bond motifs is 4. The number of benzene rings is 4. The molecule has 4 unspecified atom stereocenters. The molecule has 336 valence electrons. The highest BCUT2D eigenvalue weighted by Gasteiger charge is 2.39. The van der Waals surface area contributed by atoms with Gasteiger partial charge in [0.2, 0.25) is 0 Å². The Morgan fingerprint density at radius 1 is 0.547 bits per heavy atom. The minimum atomic E-state index is -0.217. The van der Waals surface area contributed by atoms with Crippen LogP contribution in [0.2, 0.25) is 0 Å². The van der Waals surface area contributed by atoms with Crippen LogP contribution in [0, 0.1) is 0 Å². The van der Waals surface area contributed by atoms with Crippen LogP contribution in [-0.4, -0.2) is 116 Å². The van der Waals surface area contributed by atoms with Gasteiger partial charge in [-0.1, -0.05) is 96.1 Å². The van der Waals surface area contributed by atoms with E-state index < -0.39 is 0 Å². The number of piperidine rings is 2. The second-order valence-corrected chi connectivity index (χ2v) is 17.9. The molecular formula is C54H66N6O4. The molecule has 9 rings (SSSR count). The first kappa shape index (κ1) is 45.0. The predicted octanol–water partition coefficient (Wildman–Crippen LogP) is 8.40. The van der Waals surface area contributed by atoms with Gasteiger partial charge in [0.25, 0.3) is 11.8 Å². The Labute approximate surface area is 380 Å². The van der Waals surface area contributed by atoms with E-state index in [1.165, 1.54) is 71.8 Å². The number of hydrogen-bond acceptors (Lipinski definition) is 7. The molecule has 5 aliphatic rings. The molecule has 5 saturated heterocycles. The third-order valence-corrected chi connectivity index (χ3v) is 13.9. The zero-order chi connectivity index (χ0) is 44.4. The summed E-state index contributed by atoms with van der Waals surface area (Å²) in [6.07, 6.45) is 9.29. The monoisotopic (exact) mass is 863 g/mol. The smallest absolute Gasteiger partial charge is 0.409 e. The van der Waals surface area contributed by atoms with Crippen molar-refractivity contribution >= 4 is 29.1 Å². The first-order valence-electron chi connectivity index (χ1n) is 23.7. The fraction of sp³-hybridized carbons (Fsp3) is 0.426. The average molecular weight is 863 g/mol. The lowest BCUT2D eigenvalue weighted by molar-refractivity contribution is 0.0800. The summed E-state index contributed by atoms with van der Waals surface area (Å²) in [5.74, 6) is -0.0288. The van der Waals surface area contributed by atoms with Crippen molar-refractivity contribution < 1.29 is 19.1 Å². The van der Waals surface area contributed by atoms with Crippen LogP contribution < -0.4 is 16.0 Å². The van der Waals surface area contributed by atoms with Crippen LogP contribution in [0.1, 0.15) is 108 Å². The maximum absolute atomic E-state index is 12.3. The molecule has 4 aromatic rings. The summed E-state index contributed by atoms with van der Waals surface area (Å²) in [5.41, 5.74) is 12.1. The summed E-state index contributed by atoms with van der Waals surface area (Å²) >= 11 is 0. The molecule has 64 heavy (non-hydrogen) atoms. The molecule has 0 spiro atoms. The molecule has 5 heterocycles. The van der Waals surface area contributed by atoms with Gasteiger partial charge in [-0.3, -0.25) is 19.4 Å². The second kappa shape index (κ2) is 21.4. The largest absolute Gasteiger partial charge is 0.453 e. The summed E-state index contributed by atoms with van der Waals surface area (Å²) in [5, 5.41) is 9.49. The normalized spacial score (nSPS) is 21.7. The topological polar surface area (TPSA) is 106 Å². The molecule has 0 aliphatic carbocycles. The van der Waals surface area contributed by atoms with Gasteiger partial charge in [-0.2, -0.15) is 0 Å².